The van der Waals surface area contributed by atoms with Crippen molar-refractivity contribution < 1.29 is 14.7 Å². The molecule has 108 valence electrons. The Morgan fingerprint density at radius 3 is 2.81 bits per heavy atom. The van der Waals surface area contributed by atoms with E-state index in [1.807, 2.05) is 0 Å². The smallest absolute Gasteiger partial charge is 0.336 e. The summed E-state index contributed by atoms with van der Waals surface area (Å²) in [5, 5.41) is 18.2. The largest absolute Gasteiger partial charge is 0.478 e. The van der Waals surface area contributed by atoms with Gasteiger partial charge < -0.3 is 10.4 Å². The van der Waals surface area contributed by atoms with Crippen LogP contribution >= 0.6 is 15.9 Å². The third-order valence-electron chi connectivity index (χ3n) is 3.12. The number of aromatic amines is 1. The zero-order chi connectivity index (χ0) is 15.0. The first-order chi connectivity index (χ1) is 10.0. The quantitative estimate of drug-likeness (QED) is 0.784. The van der Waals surface area contributed by atoms with Gasteiger partial charge in [-0.2, -0.15) is 0 Å². The van der Waals surface area contributed by atoms with Gasteiger partial charge in [-0.15, -0.1) is 5.10 Å². The first-order valence-corrected chi connectivity index (χ1v) is 7.10. The summed E-state index contributed by atoms with van der Waals surface area (Å²) in [4.78, 5) is 27.2. The minimum Gasteiger partial charge on any atom is -0.478 e. The zero-order valence-electron chi connectivity index (χ0n) is 10.8. The lowest BCUT2D eigenvalue weighted by Crippen LogP contribution is -2.14. The van der Waals surface area contributed by atoms with Crippen molar-refractivity contribution >= 4 is 33.5 Å². The lowest BCUT2D eigenvalue weighted by atomic mass is 10.2. The lowest BCUT2D eigenvalue weighted by Gasteiger charge is -2.05. The summed E-state index contributed by atoms with van der Waals surface area (Å²) in [6, 6.07) is 4.54. The zero-order valence-corrected chi connectivity index (χ0v) is 12.3. The number of nitrogens with one attached hydrogen (secondary N) is 2. The van der Waals surface area contributed by atoms with Crippen LogP contribution < -0.4 is 5.32 Å². The Balaban J connectivity index is 1.77. The van der Waals surface area contributed by atoms with E-state index in [9.17, 15) is 9.59 Å². The average molecular weight is 351 g/mol. The summed E-state index contributed by atoms with van der Waals surface area (Å²) in [5.41, 5.74) is 0.444. The molecule has 0 aliphatic heterocycles. The molecule has 8 heteroatoms. The van der Waals surface area contributed by atoms with E-state index in [0.29, 0.717) is 16.1 Å². The summed E-state index contributed by atoms with van der Waals surface area (Å²) in [6.45, 7) is 0. The van der Waals surface area contributed by atoms with Crippen molar-refractivity contribution in [1.29, 1.82) is 0 Å². The fourth-order valence-electron chi connectivity index (χ4n) is 1.87. The summed E-state index contributed by atoms with van der Waals surface area (Å²) < 4.78 is 0.446. The molecule has 1 aromatic carbocycles. The molecular weight excluding hydrogens is 340 g/mol. The van der Waals surface area contributed by atoms with E-state index in [4.69, 9.17) is 5.11 Å². The molecule has 3 N–H and O–H groups in total. The SMILES string of the molecule is O=C(Nc1ccc(Br)c(C(=O)O)c1)c1n[nH]c(C2CC2)n1. The highest BCUT2D eigenvalue weighted by atomic mass is 79.9. The third kappa shape index (κ3) is 2.94. The van der Waals surface area contributed by atoms with Crippen molar-refractivity contribution in [1.82, 2.24) is 15.2 Å². The van der Waals surface area contributed by atoms with Crippen molar-refractivity contribution in [3.05, 3.63) is 39.9 Å². The van der Waals surface area contributed by atoms with Crippen molar-refractivity contribution in [2.75, 3.05) is 5.32 Å². The maximum atomic E-state index is 12.0. The molecule has 0 saturated heterocycles. The van der Waals surface area contributed by atoms with Crippen LogP contribution in [0.2, 0.25) is 0 Å². The average Bonchev–Trinajstić information content (AvgIpc) is 3.18. The van der Waals surface area contributed by atoms with E-state index in [1.54, 1.807) is 12.1 Å². The second-order valence-corrected chi connectivity index (χ2v) is 5.63. The van der Waals surface area contributed by atoms with Gasteiger partial charge in [0.05, 0.1) is 5.56 Å². The monoisotopic (exact) mass is 350 g/mol. The highest BCUT2D eigenvalue weighted by molar-refractivity contribution is 9.10. The number of carbonyl (C=O) groups excluding carboxylic acids is 1. The second-order valence-electron chi connectivity index (χ2n) is 4.77. The first kappa shape index (κ1) is 13.7. The molecule has 1 aliphatic rings. The Kier molecular flexibility index (Phi) is 3.46. The number of aromatic nitrogens is 3. The Bertz CT molecular complexity index is 724. The highest BCUT2D eigenvalue weighted by Gasteiger charge is 2.28. The number of rotatable bonds is 4. The molecule has 2 aromatic rings. The normalized spacial score (nSPS) is 14.0. The molecule has 0 bridgehead atoms. The van der Waals surface area contributed by atoms with Crippen LogP contribution in [0.3, 0.4) is 0 Å². The van der Waals surface area contributed by atoms with Crippen molar-refractivity contribution in [3.63, 3.8) is 0 Å². The molecular formula is C13H11BrN4O3. The van der Waals surface area contributed by atoms with Gasteiger partial charge in [-0.25, -0.2) is 9.78 Å². The van der Waals surface area contributed by atoms with Crippen molar-refractivity contribution in [2.45, 2.75) is 18.8 Å². The molecule has 7 nitrogen and oxygen atoms in total. The Morgan fingerprint density at radius 2 is 2.14 bits per heavy atom. The molecule has 1 aliphatic carbocycles. The Hall–Kier alpha value is -2.22. The van der Waals surface area contributed by atoms with Gasteiger partial charge in [0.1, 0.15) is 5.82 Å². The van der Waals surface area contributed by atoms with E-state index in [0.717, 1.165) is 18.7 Å². The van der Waals surface area contributed by atoms with Gasteiger partial charge in [-0.3, -0.25) is 9.89 Å². The van der Waals surface area contributed by atoms with Crippen LogP contribution in [0.25, 0.3) is 0 Å². The van der Waals surface area contributed by atoms with Gasteiger partial charge in [-0.1, -0.05) is 0 Å². The van der Waals surface area contributed by atoms with Crippen molar-refractivity contribution in [2.24, 2.45) is 0 Å². The van der Waals surface area contributed by atoms with Gasteiger partial charge in [0.15, 0.2) is 0 Å². The number of aromatic carboxylic acids is 1. The number of carboxylic acids is 1. The number of hydrogen-bond acceptors (Lipinski definition) is 4. The molecule has 0 radical (unpaired) electrons. The molecule has 1 heterocycles. The molecule has 0 spiro atoms. The lowest BCUT2D eigenvalue weighted by molar-refractivity contribution is 0.0695. The van der Waals surface area contributed by atoms with Crippen LogP contribution in [-0.4, -0.2) is 32.2 Å². The van der Waals surface area contributed by atoms with Gasteiger partial charge in [0.2, 0.25) is 5.82 Å². The number of carbonyl (C=O) groups is 2. The molecule has 0 unspecified atom stereocenters. The van der Waals surface area contributed by atoms with E-state index in [2.05, 4.69) is 36.4 Å². The number of nitrogens with zero attached hydrogens (tertiary/aromatic N) is 2. The van der Waals surface area contributed by atoms with Crippen LogP contribution in [-0.2, 0) is 0 Å². The van der Waals surface area contributed by atoms with E-state index >= 15 is 0 Å². The topological polar surface area (TPSA) is 108 Å². The first-order valence-electron chi connectivity index (χ1n) is 6.31. The number of hydrogen-bond donors (Lipinski definition) is 3. The summed E-state index contributed by atoms with van der Waals surface area (Å²) in [6.07, 6.45) is 2.12. The Morgan fingerprint density at radius 1 is 1.38 bits per heavy atom. The second kappa shape index (κ2) is 5.28. The summed E-state index contributed by atoms with van der Waals surface area (Å²) in [5.74, 6) is -0.395. The molecule has 0 atom stereocenters. The van der Waals surface area contributed by atoms with E-state index in [-0.39, 0.29) is 11.4 Å². The Labute approximate surface area is 127 Å². The maximum Gasteiger partial charge on any atom is 0.336 e. The van der Waals surface area contributed by atoms with Crippen LogP contribution in [0.5, 0.6) is 0 Å². The third-order valence-corrected chi connectivity index (χ3v) is 3.82. The minimum atomic E-state index is -1.08. The standard InChI is InChI=1S/C13H11BrN4O3/c14-9-4-3-7(5-8(9)13(20)21)15-12(19)11-16-10(17-18-11)6-1-2-6/h3-6H,1-2H2,(H,15,19)(H,20,21)(H,16,17,18). The van der Waals surface area contributed by atoms with Crippen LogP contribution in [0.15, 0.2) is 22.7 Å². The van der Waals surface area contributed by atoms with Crippen LogP contribution in [0, 0.1) is 0 Å². The van der Waals surface area contributed by atoms with Gasteiger partial charge in [0, 0.05) is 16.1 Å². The van der Waals surface area contributed by atoms with Gasteiger partial charge in [0.25, 0.3) is 5.91 Å². The summed E-state index contributed by atoms with van der Waals surface area (Å²) in [7, 11) is 0. The van der Waals surface area contributed by atoms with E-state index in [1.165, 1.54) is 6.07 Å². The van der Waals surface area contributed by atoms with Gasteiger partial charge >= 0.3 is 5.97 Å². The number of H-pyrrole nitrogens is 1. The minimum absolute atomic E-state index is 0.0525. The maximum absolute atomic E-state index is 12.0. The number of halogens is 1. The van der Waals surface area contributed by atoms with Gasteiger partial charge in [-0.05, 0) is 47.0 Å². The van der Waals surface area contributed by atoms with E-state index < -0.39 is 11.9 Å². The van der Waals surface area contributed by atoms with Crippen LogP contribution in [0.4, 0.5) is 5.69 Å². The number of carboxylic acid groups (broad SMARTS) is 1. The molecule has 1 saturated carbocycles. The molecule has 1 fully saturated rings. The molecule has 21 heavy (non-hydrogen) atoms. The molecule has 1 amide bonds. The predicted octanol–water partition coefficient (Wildman–Crippen LogP) is 2.40. The fraction of sp³-hybridized carbons (Fsp3) is 0.231. The number of benzene rings is 1. The molecule has 1 aromatic heterocycles. The van der Waals surface area contributed by atoms with Crippen molar-refractivity contribution in [3.8, 4) is 0 Å². The number of anilines is 1. The highest BCUT2D eigenvalue weighted by Crippen LogP contribution is 2.37. The molecule has 3 rings (SSSR count). The van der Waals surface area contributed by atoms with Crippen LogP contribution in [0.1, 0.15) is 45.6 Å². The summed E-state index contributed by atoms with van der Waals surface area (Å²) >= 11 is 3.15. The fourth-order valence-corrected chi connectivity index (χ4v) is 2.29. The number of amides is 1. The predicted molar refractivity (Wildman–Crippen MR) is 77.4 cm³/mol.